The molecule has 4 rings (SSSR count). The van der Waals surface area contributed by atoms with Crippen molar-refractivity contribution in [3.8, 4) is 17.5 Å². The molecule has 1 fully saturated rings. The van der Waals surface area contributed by atoms with Gasteiger partial charge in [-0.2, -0.15) is 10.2 Å². The third kappa shape index (κ3) is 4.33. The molecule has 11 heteroatoms. The Morgan fingerprint density at radius 2 is 1.97 bits per heavy atom. The number of anilines is 1. The number of aromatic nitrogens is 3. The molecule has 1 aliphatic rings. The van der Waals surface area contributed by atoms with Gasteiger partial charge in [0.1, 0.15) is 23.6 Å². The standard InChI is InChI=1S/C20H18ClN7O3/c1-13(20-24-18(25-31-20)14-2-4-16(21)5-3-14)26-6-8-27(9-7-26)19-15(11-22)10-17(12-23-19)28(29)30/h2-5,10,12-13H,6-9H2,1H3/t13-/m1/s1. The van der Waals surface area contributed by atoms with Crippen LogP contribution >= 0.6 is 11.6 Å². The summed E-state index contributed by atoms with van der Waals surface area (Å²) in [6, 6.07) is 10.4. The lowest BCUT2D eigenvalue weighted by Gasteiger charge is -2.37. The lowest BCUT2D eigenvalue weighted by molar-refractivity contribution is -0.385. The van der Waals surface area contributed by atoms with Gasteiger partial charge in [-0.3, -0.25) is 15.0 Å². The van der Waals surface area contributed by atoms with E-state index in [-0.39, 0.29) is 17.3 Å². The van der Waals surface area contributed by atoms with Gasteiger partial charge in [-0.15, -0.1) is 0 Å². The van der Waals surface area contributed by atoms with Gasteiger partial charge in [0.05, 0.1) is 11.0 Å². The Hall–Kier alpha value is -3.55. The van der Waals surface area contributed by atoms with Crippen molar-refractivity contribution in [1.82, 2.24) is 20.0 Å². The fraction of sp³-hybridized carbons (Fsp3) is 0.300. The van der Waals surface area contributed by atoms with E-state index in [1.54, 1.807) is 12.1 Å². The summed E-state index contributed by atoms with van der Waals surface area (Å²) in [5.41, 5.74) is 0.824. The highest BCUT2D eigenvalue weighted by molar-refractivity contribution is 6.30. The fourth-order valence-electron chi connectivity index (χ4n) is 3.48. The topological polar surface area (TPSA) is 125 Å². The van der Waals surface area contributed by atoms with Crippen LogP contribution in [-0.2, 0) is 0 Å². The molecule has 0 spiro atoms. The summed E-state index contributed by atoms with van der Waals surface area (Å²) in [6.07, 6.45) is 1.18. The highest BCUT2D eigenvalue weighted by Gasteiger charge is 2.28. The monoisotopic (exact) mass is 439 g/mol. The van der Waals surface area contributed by atoms with Crippen molar-refractivity contribution in [2.75, 3.05) is 31.1 Å². The van der Waals surface area contributed by atoms with Gasteiger partial charge in [0.15, 0.2) is 0 Å². The lowest BCUT2D eigenvalue weighted by atomic mass is 10.2. The van der Waals surface area contributed by atoms with Crippen LogP contribution < -0.4 is 4.90 Å². The number of pyridine rings is 1. The van der Waals surface area contributed by atoms with Crippen LogP contribution in [0.4, 0.5) is 11.5 Å². The van der Waals surface area contributed by atoms with Crippen molar-refractivity contribution in [1.29, 1.82) is 5.26 Å². The number of hydrogen-bond acceptors (Lipinski definition) is 9. The molecule has 1 aliphatic heterocycles. The van der Waals surface area contributed by atoms with Crippen molar-refractivity contribution in [3.63, 3.8) is 0 Å². The minimum Gasteiger partial charge on any atom is -0.353 e. The van der Waals surface area contributed by atoms with Gasteiger partial charge in [-0.25, -0.2) is 4.98 Å². The molecular formula is C20H18ClN7O3. The van der Waals surface area contributed by atoms with Crippen LogP contribution in [0.15, 0.2) is 41.1 Å². The number of piperazine rings is 1. The van der Waals surface area contributed by atoms with Gasteiger partial charge in [0.2, 0.25) is 11.7 Å². The van der Waals surface area contributed by atoms with E-state index in [9.17, 15) is 15.4 Å². The van der Waals surface area contributed by atoms with E-state index in [0.717, 1.165) is 5.56 Å². The normalized spacial score (nSPS) is 15.5. The van der Waals surface area contributed by atoms with Crippen molar-refractivity contribution < 1.29 is 9.45 Å². The summed E-state index contributed by atoms with van der Waals surface area (Å²) in [5, 5.41) is 25.0. The number of hydrogen-bond donors (Lipinski definition) is 0. The minimum absolute atomic E-state index is 0.0871. The number of benzene rings is 1. The lowest BCUT2D eigenvalue weighted by Crippen LogP contribution is -2.47. The summed E-state index contributed by atoms with van der Waals surface area (Å²) in [6.45, 7) is 4.59. The van der Waals surface area contributed by atoms with Crippen molar-refractivity contribution in [2.45, 2.75) is 13.0 Å². The van der Waals surface area contributed by atoms with Crippen LogP contribution in [0.1, 0.15) is 24.4 Å². The Balaban J connectivity index is 1.43. The Morgan fingerprint density at radius 3 is 2.61 bits per heavy atom. The molecule has 31 heavy (non-hydrogen) atoms. The van der Waals surface area contributed by atoms with Crippen LogP contribution in [-0.4, -0.2) is 51.1 Å². The van der Waals surface area contributed by atoms with Gasteiger partial charge < -0.3 is 9.42 Å². The van der Waals surface area contributed by atoms with E-state index < -0.39 is 4.92 Å². The molecule has 1 aromatic carbocycles. The van der Waals surface area contributed by atoms with Crippen LogP contribution in [0, 0.1) is 21.4 Å². The summed E-state index contributed by atoms with van der Waals surface area (Å²) < 4.78 is 5.48. The fourth-order valence-corrected chi connectivity index (χ4v) is 3.60. The van der Waals surface area contributed by atoms with Gasteiger partial charge in [0, 0.05) is 42.8 Å². The predicted molar refractivity (Wildman–Crippen MR) is 113 cm³/mol. The van der Waals surface area contributed by atoms with Crippen molar-refractivity contribution in [3.05, 3.63) is 63.1 Å². The molecule has 158 valence electrons. The molecule has 0 amide bonds. The maximum absolute atomic E-state index is 10.9. The number of halogens is 1. The van der Waals surface area contributed by atoms with E-state index in [1.165, 1.54) is 12.3 Å². The zero-order chi connectivity index (χ0) is 22.0. The maximum atomic E-state index is 10.9. The molecule has 3 aromatic rings. The van der Waals surface area contributed by atoms with Crippen LogP contribution in [0.3, 0.4) is 0 Å². The molecule has 3 heterocycles. The maximum Gasteiger partial charge on any atom is 0.289 e. The molecular weight excluding hydrogens is 422 g/mol. The second-order valence-corrected chi connectivity index (χ2v) is 7.53. The Bertz CT molecular complexity index is 1130. The predicted octanol–water partition coefficient (Wildman–Crippen LogP) is 3.45. The van der Waals surface area contributed by atoms with Gasteiger partial charge in [-0.05, 0) is 31.2 Å². The summed E-state index contributed by atoms with van der Waals surface area (Å²) >= 11 is 5.93. The number of nitro groups is 1. The minimum atomic E-state index is -0.556. The Labute approximate surface area is 182 Å². The number of rotatable bonds is 5. The number of nitrogens with zero attached hydrogens (tertiary/aromatic N) is 7. The molecule has 1 saturated heterocycles. The van der Waals surface area contributed by atoms with Crippen molar-refractivity contribution in [2.24, 2.45) is 0 Å². The first-order chi connectivity index (χ1) is 15.0. The van der Waals surface area contributed by atoms with Gasteiger partial charge in [-0.1, -0.05) is 16.8 Å². The first-order valence-corrected chi connectivity index (χ1v) is 9.97. The molecule has 0 radical (unpaired) electrons. The second kappa shape index (κ2) is 8.67. The first-order valence-electron chi connectivity index (χ1n) is 9.59. The van der Waals surface area contributed by atoms with Crippen LogP contribution in [0.2, 0.25) is 5.02 Å². The Morgan fingerprint density at radius 1 is 1.26 bits per heavy atom. The number of nitriles is 1. The van der Waals surface area contributed by atoms with Crippen molar-refractivity contribution >= 4 is 23.1 Å². The SMILES string of the molecule is C[C@H](c1nc(-c2ccc(Cl)cc2)no1)N1CCN(c2ncc([N+](=O)[O-])cc2C#N)CC1. The van der Waals surface area contributed by atoms with Gasteiger partial charge in [0.25, 0.3) is 5.69 Å². The molecule has 0 N–H and O–H groups in total. The Kier molecular flexibility index (Phi) is 5.79. The highest BCUT2D eigenvalue weighted by atomic mass is 35.5. The zero-order valence-electron chi connectivity index (χ0n) is 16.6. The van der Waals surface area contributed by atoms with Crippen LogP contribution in [0.5, 0.6) is 0 Å². The van der Waals surface area contributed by atoms with E-state index >= 15 is 0 Å². The van der Waals surface area contributed by atoms with E-state index in [4.69, 9.17) is 16.1 Å². The summed E-state index contributed by atoms with van der Waals surface area (Å²) in [7, 11) is 0. The highest BCUT2D eigenvalue weighted by Crippen LogP contribution is 2.27. The largest absolute Gasteiger partial charge is 0.353 e. The second-order valence-electron chi connectivity index (χ2n) is 7.10. The van der Waals surface area contributed by atoms with Gasteiger partial charge >= 0.3 is 0 Å². The third-order valence-electron chi connectivity index (χ3n) is 5.25. The molecule has 0 unspecified atom stereocenters. The molecule has 0 saturated carbocycles. The summed E-state index contributed by atoms with van der Waals surface area (Å²) in [5.74, 6) is 1.48. The molecule has 10 nitrogen and oxygen atoms in total. The summed E-state index contributed by atoms with van der Waals surface area (Å²) in [4.78, 5) is 23.2. The molecule has 0 bridgehead atoms. The van der Waals surface area contributed by atoms with Crippen LogP contribution in [0.25, 0.3) is 11.4 Å². The average Bonchev–Trinajstić information content (AvgIpc) is 3.29. The third-order valence-corrected chi connectivity index (χ3v) is 5.50. The molecule has 1 atom stereocenters. The smallest absolute Gasteiger partial charge is 0.289 e. The molecule has 0 aliphatic carbocycles. The van der Waals surface area contributed by atoms with E-state index in [0.29, 0.717) is 48.7 Å². The van der Waals surface area contributed by atoms with E-state index in [2.05, 4.69) is 20.0 Å². The van der Waals surface area contributed by atoms with E-state index in [1.807, 2.05) is 30.0 Å². The molecule has 2 aromatic heterocycles. The first kappa shape index (κ1) is 20.7. The average molecular weight is 440 g/mol. The quantitative estimate of drug-likeness (QED) is 0.434. The zero-order valence-corrected chi connectivity index (χ0v) is 17.4.